The Bertz CT molecular complexity index is 479. The van der Waals surface area contributed by atoms with Crippen molar-refractivity contribution >= 4 is 22.7 Å². The van der Waals surface area contributed by atoms with E-state index in [4.69, 9.17) is 6.42 Å². The van der Waals surface area contributed by atoms with Crippen LogP contribution in [0, 0.1) is 12.3 Å². The van der Waals surface area contributed by atoms with Gasteiger partial charge < -0.3 is 5.32 Å². The Labute approximate surface area is 123 Å². The Morgan fingerprint density at radius 1 is 1.16 bits per heavy atom. The third-order valence-corrected chi connectivity index (χ3v) is 4.90. The lowest BCUT2D eigenvalue weighted by atomic mass is 10.1. The second-order valence-electron chi connectivity index (χ2n) is 4.47. The second-order valence-corrected chi connectivity index (χ2v) is 6.48. The molecule has 100 valence electrons. The SMILES string of the molecule is C#CCCCCNC(Cc1cccs1)c1cccs1. The zero-order chi connectivity index (χ0) is 13.3. The van der Waals surface area contributed by atoms with Crippen LogP contribution < -0.4 is 5.32 Å². The summed E-state index contributed by atoms with van der Waals surface area (Å²) in [7, 11) is 0. The van der Waals surface area contributed by atoms with E-state index in [0.29, 0.717) is 6.04 Å². The van der Waals surface area contributed by atoms with Gasteiger partial charge in [-0.2, -0.15) is 0 Å². The Kier molecular flexibility index (Phi) is 6.16. The third-order valence-electron chi connectivity index (χ3n) is 3.01. The zero-order valence-corrected chi connectivity index (χ0v) is 12.6. The van der Waals surface area contributed by atoms with Gasteiger partial charge in [-0.05, 0) is 42.3 Å². The molecule has 0 saturated carbocycles. The standard InChI is InChI=1S/C16H19NS2/c1-2-3-4-5-10-17-15(16-9-7-12-19-16)13-14-8-6-11-18-14/h1,6-9,11-12,15,17H,3-5,10,13H2. The second kappa shape index (κ2) is 8.16. The minimum absolute atomic E-state index is 0.435. The van der Waals surface area contributed by atoms with Crippen LogP contribution in [0.4, 0.5) is 0 Å². The van der Waals surface area contributed by atoms with Gasteiger partial charge in [0.1, 0.15) is 0 Å². The maximum Gasteiger partial charge on any atom is 0.0463 e. The first-order valence-corrected chi connectivity index (χ1v) is 8.38. The Balaban J connectivity index is 1.86. The highest BCUT2D eigenvalue weighted by molar-refractivity contribution is 7.10. The van der Waals surface area contributed by atoms with Gasteiger partial charge in [0.25, 0.3) is 0 Å². The van der Waals surface area contributed by atoms with Crippen molar-refractivity contribution in [2.24, 2.45) is 0 Å². The van der Waals surface area contributed by atoms with E-state index >= 15 is 0 Å². The molecular weight excluding hydrogens is 270 g/mol. The lowest BCUT2D eigenvalue weighted by molar-refractivity contribution is 0.523. The van der Waals surface area contributed by atoms with Crippen LogP contribution >= 0.6 is 22.7 Å². The average molecular weight is 289 g/mol. The molecule has 2 aromatic rings. The van der Waals surface area contributed by atoms with Crippen molar-refractivity contribution in [1.82, 2.24) is 5.32 Å². The molecule has 2 aromatic heterocycles. The molecule has 0 aliphatic heterocycles. The van der Waals surface area contributed by atoms with Gasteiger partial charge in [-0.3, -0.25) is 0 Å². The summed E-state index contributed by atoms with van der Waals surface area (Å²) in [6.07, 6.45) is 9.49. The summed E-state index contributed by atoms with van der Waals surface area (Å²) in [6.45, 7) is 1.04. The molecule has 3 heteroatoms. The fraction of sp³-hybridized carbons (Fsp3) is 0.375. The predicted molar refractivity (Wildman–Crippen MR) is 85.8 cm³/mol. The maximum atomic E-state index is 5.27. The van der Waals surface area contributed by atoms with E-state index in [-0.39, 0.29) is 0 Å². The fourth-order valence-corrected chi connectivity index (χ4v) is 3.58. The molecule has 1 N–H and O–H groups in total. The van der Waals surface area contributed by atoms with E-state index in [9.17, 15) is 0 Å². The molecule has 0 spiro atoms. The first-order valence-electron chi connectivity index (χ1n) is 6.63. The summed E-state index contributed by atoms with van der Waals surface area (Å²) in [5.74, 6) is 2.70. The number of thiophene rings is 2. The van der Waals surface area contributed by atoms with Gasteiger partial charge in [0, 0.05) is 28.6 Å². The Hall–Kier alpha value is -1.08. The van der Waals surface area contributed by atoms with Crippen LogP contribution in [0.5, 0.6) is 0 Å². The van der Waals surface area contributed by atoms with Crippen LogP contribution in [0.2, 0.25) is 0 Å². The molecule has 0 aromatic carbocycles. The van der Waals surface area contributed by atoms with Gasteiger partial charge in [0.15, 0.2) is 0 Å². The number of rotatable bonds is 8. The summed E-state index contributed by atoms with van der Waals surface area (Å²) in [5.41, 5.74) is 0. The number of terminal acetylenes is 1. The molecule has 2 heterocycles. The molecule has 0 saturated heterocycles. The highest BCUT2D eigenvalue weighted by Gasteiger charge is 2.13. The van der Waals surface area contributed by atoms with Crippen LogP contribution in [0.25, 0.3) is 0 Å². The molecule has 0 radical (unpaired) electrons. The highest BCUT2D eigenvalue weighted by atomic mass is 32.1. The monoisotopic (exact) mass is 289 g/mol. The van der Waals surface area contributed by atoms with Crippen molar-refractivity contribution in [3.63, 3.8) is 0 Å². The number of unbranched alkanes of at least 4 members (excludes halogenated alkanes) is 2. The van der Waals surface area contributed by atoms with Crippen LogP contribution in [-0.4, -0.2) is 6.54 Å². The minimum atomic E-state index is 0.435. The molecule has 1 atom stereocenters. The molecule has 0 aliphatic rings. The summed E-state index contributed by atoms with van der Waals surface area (Å²) in [6, 6.07) is 9.12. The molecule has 1 unspecified atom stereocenters. The average Bonchev–Trinajstić information content (AvgIpc) is 3.10. The van der Waals surface area contributed by atoms with E-state index in [1.54, 1.807) is 0 Å². The number of hydrogen-bond acceptors (Lipinski definition) is 3. The van der Waals surface area contributed by atoms with Crippen LogP contribution in [0.3, 0.4) is 0 Å². The number of nitrogens with one attached hydrogen (secondary N) is 1. The number of hydrogen-bond donors (Lipinski definition) is 1. The molecule has 0 bridgehead atoms. The predicted octanol–water partition coefficient (Wildman–Crippen LogP) is 4.49. The molecule has 0 amide bonds. The highest BCUT2D eigenvalue weighted by Crippen LogP contribution is 2.24. The van der Waals surface area contributed by atoms with E-state index in [1.807, 2.05) is 22.7 Å². The van der Waals surface area contributed by atoms with Gasteiger partial charge in [-0.25, -0.2) is 0 Å². The minimum Gasteiger partial charge on any atom is -0.309 e. The maximum absolute atomic E-state index is 5.27. The zero-order valence-electron chi connectivity index (χ0n) is 11.0. The van der Waals surface area contributed by atoms with Gasteiger partial charge in [0.2, 0.25) is 0 Å². The van der Waals surface area contributed by atoms with Crippen molar-refractivity contribution < 1.29 is 0 Å². The van der Waals surface area contributed by atoms with Gasteiger partial charge in [0.05, 0.1) is 0 Å². The quantitative estimate of drug-likeness (QED) is 0.558. The molecule has 0 fully saturated rings. The Morgan fingerprint density at radius 3 is 2.68 bits per heavy atom. The van der Waals surface area contributed by atoms with Crippen LogP contribution in [-0.2, 0) is 6.42 Å². The molecule has 1 nitrogen and oxygen atoms in total. The van der Waals surface area contributed by atoms with Gasteiger partial charge in [-0.15, -0.1) is 35.0 Å². The third kappa shape index (κ3) is 4.83. The normalized spacial score (nSPS) is 12.2. The van der Waals surface area contributed by atoms with Crippen molar-refractivity contribution in [2.45, 2.75) is 31.7 Å². The topological polar surface area (TPSA) is 12.0 Å². The lowest BCUT2D eigenvalue weighted by Crippen LogP contribution is -2.23. The van der Waals surface area contributed by atoms with Crippen molar-refractivity contribution in [3.8, 4) is 12.3 Å². The Morgan fingerprint density at radius 2 is 2.00 bits per heavy atom. The van der Waals surface area contributed by atoms with Crippen LogP contribution in [0.15, 0.2) is 35.0 Å². The fourth-order valence-electron chi connectivity index (χ4n) is 2.02. The molecule has 19 heavy (non-hydrogen) atoms. The van der Waals surface area contributed by atoms with Crippen LogP contribution in [0.1, 0.15) is 35.1 Å². The first kappa shape index (κ1) is 14.3. The summed E-state index contributed by atoms with van der Waals surface area (Å²) in [5, 5.41) is 7.96. The van der Waals surface area contributed by atoms with E-state index < -0.39 is 0 Å². The van der Waals surface area contributed by atoms with Crippen molar-refractivity contribution in [1.29, 1.82) is 0 Å². The first-order chi connectivity index (χ1) is 9.40. The lowest BCUT2D eigenvalue weighted by Gasteiger charge is -2.16. The van der Waals surface area contributed by atoms with E-state index in [1.165, 1.54) is 9.75 Å². The van der Waals surface area contributed by atoms with Crippen molar-refractivity contribution in [3.05, 3.63) is 44.8 Å². The molecular formula is C16H19NS2. The van der Waals surface area contributed by atoms with Gasteiger partial charge in [-0.1, -0.05) is 12.1 Å². The largest absolute Gasteiger partial charge is 0.309 e. The molecule has 2 rings (SSSR count). The van der Waals surface area contributed by atoms with Gasteiger partial charge >= 0.3 is 0 Å². The molecule has 0 aliphatic carbocycles. The summed E-state index contributed by atoms with van der Waals surface area (Å²) >= 11 is 3.66. The van der Waals surface area contributed by atoms with E-state index in [0.717, 1.165) is 32.2 Å². The van der Waals surface area contributed by atoms with E-state index in [2.05, 4.69) is 46.3 Å². The van der Waals surface area contributed by atoms with Crippen molar-refractivity contribution in [2.75, 3.05) is 6.54 Å². The summed E-state index contributed by atoms with van der Waals surface area (Å²) < 4.78 is 0. The summed E-state index contributed by atoms with van der Waals surface area (Å²) in [4.78, 5) is 2.86. The smallest absolute Gasteiger partial charge is 0.0463 e.